The van der Waals surface area contributed by atoms with E-state index in [-0.39, 0.29) is 24.0 Å². The van der Waals surface area contributed by atoms with Crippen LogP contribution in [0, 0.1) is 0 Å². The van der Waals surface area contributed by atoms with E-state index in [1.807, 2.05) is 0 Å². The van der Waals surface area contributed by atoms with Gasteiger partial charge in [0.25, 0.3) is 0 Å². The molecule has 2 N–H and O–H groups in total. The molecule has 1 heterocycles. The van der Waals surface area contributed by atoms with Gasteiger partial charge in [0.1, 0.15) is 5.03 Å². The van der Waals surface area contributed by atoms with Gasteiger partial charge in [0.05, 0.1) is 12.4 Å². The van der Waals surface area contributed by atoms with Gasteiger partial charge in [-0.05, 0) is 32.1 Å². The minimum absolute atomic E-state index is 0.0549. The zero-order chi connectivity index (χ0) is 17.4. The molecule has 0 aliphatic heterocycles. The Kier molecular flexibility index (Phi) is 7.74. The molecule has 0 atom stereocenters. The second-order valence-electron chi connectivity index (χ2n) is 5.69. The number of ether oxygens (including phenoxy) is 1. The van der Waals surface area contributed by atoms with Crippen molar-refractivity contribution in [3.63, 3.8) is 0 Å². The zero-order valence-electron chi connectivity index (χ0n) is 14.0. The number of carbonyl (C=O) groups is 1. The molecule has 24 heavy (non-hydrogen) atoms. The third kappa shape index (κ3) is 5.06. The first kappa shape index (κ1) is 19.0. The average molecular weight is 355 g/mol. The summed E-state index contributed by atoms with van der Waals surface area (Å²) in [6.45, 7) is 1.50. The van der Waals surface area contributed by atoms with Crippen LogP contribution in [0.5, 0.6) is 0 Å². The predicted octanol–water partition coefficient (Wildman–Crippen LogP) is 0.359. The highest BCUT2D eigenvalue weighted by Gasteiger charge is 2.20. The topological polar surface area (TPSA) is 93.5 Å². The molecule has 2 rings (SSSR count). The molecule has 1 aliphatic rings. The molecular formula is C16H25N3O4S. The van der Waals surface area contributed by atoms with Crippen molar-refractivity contribution in [3.05, 3.63) is 21.7 Å². The SMILES string of the molecule is COCCNC(=O)CSc1nc(=O)n(CCCO)c2c1CCCC2. The molecule has 1 aliphatic carbocycles. The molecule has 0 fully saturated rings. The molecule has 1 aromatic heterocycles. The highest BCUT2D eigenvalue weighted by Crippen LogP contribution is 2.28. The lowest BCUT2D eigenvalue weighted by Crippen LogP contribution is -2.31. The van der Waals surface area contributed by atoms with Crippen molar-refractivity contribution in [1.82, 2.24) is 14.9 Å². The smallest absolute Gasteiger partial charge is 0.348 e. The van der Waals surface area contributed by atoms with E-state index < -0.39 is 0 Å². The Morgan fingerprint density at radius 3 is 2.96 bits per heavy atom. The first-order chi connectivity index (χ1) is 11.7. The fourth-order valence-electron chi connectivity index (χ4n) is 2.80. The van der Waals surface area contributed by atoms with Crippen LogP contribution in [0.1, 0.15) is 30.5 Å². The fourth-order valence-corrected chi connectivity index (χ4v) is 3.71. The van der Waals surface area contributed by atoms with Crippen LogP contribution in [0.2, 0.25) is 0 Å². The van der Waals surface area contributed by atoms with Gasteiger partial charge >= 0.3 is 5.69 Å². The van der Waals surface area contributed by atoms with Crippen molar-refractivity contribution in [3.8, 4) is 0 Å². The van der Waals surface area contributed by atoms with Gasteiger partial charge in [-0.15, -0.1) is 0 Å². The van der Waals surface area contributed by atoms with E-state index in [0.29, 0.717) is 31.1 Å². The van der Waals surface area contributed by atoms with Crippen LogP contribution in [0.15, 0.2) is 9.82 Å². The summed E-state index contributed by atoms with van der Waals surface area (Å²) in [5.41, 5.74) is 1.83. The van der Waals surface area contributed by atoms with E-state index in [9.17, 15) is 9.59 Å². The monoisotopic (exact) mass is 355 g/mol. The lowest BCUT2D eigenvalue weighted by atomic mass is 9.97. The van der Waals surface area contributed by atoms with Crippen molar-refractivity contribution >= 4 is 17.7 Å². The number of carbonyl (C=O) groups excluding carboxylic acids is 1. The summed E-state index contributed by atoms with van der Waals surface area (Å²) in [7, 11) is 1.59. The number of nitrogens with one attached hydrogen (secondary N) is 1. The predicted molar refractivity (Wildman–Crippen MR) is 92.5 cm³/mol. The Labute approximate surface area is 145 Å². The number of nitrogens with zero attached hydrogens (tertiary/aromatic N) is 2. The van der Waals surface area contributed by atoms with Gasteiger partial charge in [-0.25, -0.2) is 4.79 Å². The number of hydrogen-bond acceptors (Lipinski definition) is 6. The molecule has 1 aromatic rings. The van der Waals surface area contributed by atoms with Crippen LogP contribution in [0.4, 0.5) is 0 Å². The van der Waals surface area contributed by atoms with Gasteiger partial charge in [-0.3, -0.25) is 9.36 Å². The number of methoxy groups -OCH3 is 1. The summed E-state index contributed by atoms with van der Waals surface area (Å²) in [5.74, 6) is 0.149. The second kappa shape index (κ2) is 9.80. The van der Waals surface area contributed by atoms with Gasteiger partial charge < -0.3 is 15.2 Å². The van der Waals surface area contributed by atoms with Gasteiger partial charge in [0.15, 0.2) is 0 Å². The third-order valence-electron chi connectivity index (χ3n) is 3.96. The molecule has 0 unspecified atom stereocenters. The summed E-state index contributed by atoms with van der Waals surface area (Å²) in [5, 5.41) is 12.5. The fraction of sp³-hybridized carbons (Fsp3) is 0.688. The first-order valence-corrected chi connectivity index (χ1v) is 9.27. The lowest BCUT2D eigenvalue weighted by Gasteiger charge is -2.22. The summed E-state index contributed by atoms with van der Waals surface area (Å²) in [4.78, 5) is 28.3. The Morgan fingerprint density at radius 2 is 2.21 bits per heavy atom. The number of aliphatic hydroxyl groups is 1. The van der Waals surface area contributed by atoms with Crippen LogP contribution in [0.25, 0.3) is 0 Å². The Hall–Kier alpha value is -1.38. The maximum absolute atomic E-state index is 12.3. The van der Waals surface area contributed by atoms with Gasteiger partial charge in [-0.2, -0.15) is 4.98 Å². The van der Waals surface area contributed by atoms with Crippen molar-refractivity contribution in [2.24, 2.45) is 0 Å². The maximum Gasteiger partial charge on any atom is 0.348 e. The van der Waals surface area contributed by atoms with E-state index >= 15 is 0 Å². The summed E-state index contributed by atoms with van der Waals surface area (Å²) in [6, 6.07) is 0. The summed E-state index contributed by atoms with van der Waals surface area (Å²) in [6.07, 6.45) is 4.40. The number of fused-ring (bicyclic) bond motifs is 1. The maximum atomic E-state index is 12.3. The summed E-state index contributed by atoms with van der Waals surface area (Å²) < 4.78 is 6.58. The van der Waals surface area contributed by atoms with E-state index in [0.717, 1.165) is 36.9 Å². The van der Waals surface area contributed by atoms with Gasteiger partial charge in [-0.1, -0.05) is 11.8 Å². The quantitative estimate of drug-likeness (QED) is 0.377. The standard InChI is InChI=1S/C16H25N3O4S/c1-23-10-7-17-14(21)11-24-15-12-5-2-3-6-13(12)19(8-4-9-20)16(22)18-15/h20H,2-11H2,1H3,(H,17,21). The molecule has 0 radical (unpaired) electrons. The highest BCUT2D eigenvalue weighted by atomic mass is 32.2. The zero-order valence-corrected chi connectivity index (χ0v) is 14.9. The lowest BCUT2D eigenvalue weighted by molar-refractivity contribution is -0.118. The largest absolute Gasteiger partial charge is 0.396 e. The molecule has 0 saturated heterocycles. The molecule has 0 bridgehead atoms. The molecule has 8 heteroatoms. The molecule has 134 valence electrons. The third-order valence-corrected chi connectivity index (χ3v) is 4.98. The van der Waals surface area contributed by atoms with Crippen LogP contribution >= 0.6 is 11.8 Å². The van der Waals surface area contributed by atoms with Crippen molar-refractivity contribution in [2.45, 2.75) is 43.7 Å². The highest BCUT2D eigenvalue weighted by molar-refractivity contribution is 7.99. The molecule has 0 spiro atoms. The number of aromatic nitrogens is 2. The Morgan fingerprint density at radius 1 is 1.42 bits per heavy atom. The van der Waals surface area contributed by atoms with Crippen LogP contribution < -0.4 is 11.0 Å². The minimum Gasteiger partial charge on any atom is -0.396 e. The number of thioether (sulfide) groups is 1. The number of hydrogen-bond donors (Lipinski definition) is 2. The Bertz CT molecular complexity index is 618. The molecule has 7 nitrogen and oxygen atoms in total. The molecule has 1 amide bonds. The van der Waals surface area contributed by atoms with Crippen LogP contribution in [0.3, 0.4) is 0 Å². The van der Waals surface area contributed by atoms with Crippen LogP contribution in [-0.2, 0) is 28.9 Å². The normalized spacial score (nSPS) is 13.6. The number of rotatable bonds is 9. The average Bonchev–Trinajstić information content (AvgIpc) is 2.59. The van der Waals surface area contributed by atoms with Crippen molar-refractivity contribution < 1.29 is 14.6 Å². The Balaban J connectivity index is 2.11. The van der Waals surface area contributed by atoms with E-state index in [1.54, 1.807) is 11.7 Å². The number of aliphatic hydroxyl groups excluding tert-OH is 1. The van der Waals surface area contributed by atoms with Crippen molar-refractivity contribution in [2.75, 3.05) is 32.6 Å². The molecule has 0 saturated carbocycles. The molecular weight excluding hydrogens is 330 g/mol. The van der Waals surface area contributed by atoms with Crippen molar-refractivity contribution in [1.29, 1.82) is 0 Å². The van der Waals surface area contributed by atoms with E-state index in [4.69, 9.17) is 9.84 Å². The summed E-state index contributed by atoms with van der Waals surface area (Å²) >= 11 is 1.32. The van der Waals surface area contributed by atoms with E-state index in [1.165, 1.54) is 11.8 Å². The number of amides is 1. The van der Waals surface area contributed by atoms with Crippen LogP contribution in [-0.4, -0.2) is 53.2 Å². The first-order valence-electron chi connectivity index (χ1n) is 8.29. The minimum atomic E-state index is -0.286. The second-order valence-corrected chi connectivity index (χ2v) is 6.66. The molecule has 0 aromatic carbocycles. The van der Waals surface area contributed by atoms with Gasteiger partial charge in [0.2, 0.25) is 5.91 Å². The van der Waals surface area contributed by atoms with E-state index in [2.05, 4.69) is 10.3 Å². The van der Waals surface area contributed by atoms with Gasteiger partial charge in [0, 0.05) is 38.1 Å².